The van der Waals surface area contributed by atoms with Gasteiger partial charge in [-0.05, 0) is 42.0 Å². The highest BCUT2D eigenvalue weighted by Crippen LogP contribution is 2.40. The summed E-state index contributed by atoms with van der Waals surface area (Å²) in [7, 11) is 0. The van der Waals surface area contributed by atoms with Gasteiger partial charge in [0.1, 0.15) is 12.4 Å². The minimum Gasteiger partial charge on any atom is -0.488 e. The van der Waals surface area contributed by atoms with E-state index in [2.05, 4.69) is 62.4 Å². The largest absolute Gasteiger partial charge is 0.488 e. The molecule has 3 rings (SSSR count). The molecule has 0 saturated heterocycles. The highest BCUT2D eigenvalue weighted by molar-refractivity contribution is 5.86. The molecule has 0 aromatic heterocycles. The first kappa shape index (κ1) is 15.9. The van der Waals surface area contributed by atoms with E-state index in [4.69, 9.17) is 4.74 Å². The number of rotatable bonds is 5. The van der Waals surface area contributed by atoms with Crippen molar-refractivity contribution >= 4 is 5.57 Å². The number of hydrogen-bond donors (Lipinski definition) is 0. The lowest BCUT2D eigenvalue weighted by atomic mass is 9.87. The summed E-state index contributed by atoms with van der Waals surface area (Å²) in [5.74, 6) is 1.02. The molecule has 0 spiro atoms. The van der Waals surface area contributed by atoms with Gasteiger partial charge in [0.2, 0.25) is 0 Å². The topological polar surface area (TPSA) is 9.23 Å². The first-order valence-corrected chi connectivity index (χ1v) is 8.87. The molecule has 0 amide bonds. The summed E-state index contributed by atoms with van der Waals surface area (Å²) in [6.45, 7) is 5.20. The number of para-hydroxylation sites is 1. The molecule has 1 heteroatoms. The van der Waals surface area contributed by atoms with Crippen LogP contribution < -0.4 is 4.74 Å². The lowest BCUT2D eigenvalue weighted by Gasteiger charge is -2.17. The zero-order valence-corrected chi connectivity index (χ0v) is 14.3. The van der Waals surface area contributed by atoms with E-state index in [0.29, 0.717) is 6.61 Å². The SMILES string of the molecule is CCCC/C(CCC)=C1/c2ccccc2COc2ccccc21. The molecule has 0 N–H and O–H groups in total. The van der Waals surface area contributed by atoms with E-state index in [1.54, 1.807) is 5.57 Å². The van der Waals surface area contributed by atoms with Gasteiger partial charge in [-0.15, -0.1) is 0 Å². The van der Waals surface area contributed by atoms with Crippen molar-refractivity contribution in [2.45, 2.75) is 52.6 Å². The van der Waals surface area contributed by atoms with Gasteiger partial charge in [-0.3, -0.25) is 0 Å². The number of ether oxygens (including phenoxy) is 1. The molecule has 2 aromatic carbocycles. The number of benzene rings is 2. The summed E-state index contributed by atoms with van der Waals surface area (Å²) < 4.78 is 6.10. The molecule has 0 fully saturated rings. The van der Waals surface area contributed by atoms with Crippen molar-refractivity contribution in [3.63, 3.8) is 0 Å². The predicted octanol–water partition coefficient (Wildman–Crippen LogP) is 6.37. The van der Waals surface area contributed by atoms with Crippen LogP contribution in [-0.2, 0) is 6.61 Å². The second kappa shape index (κ2) is 7.50. The molecule has 0 radical (unpaired) electrons. The van der Waals surface area contributed by atoms with Gasteiger partial charge in [0.15, 0.2) is 0 Å². The van der Waals surface area contributed by atoms with Gasteiger partial charge in [-0.2, -0.15) is 0 Å². The number of hydrogen-bond acceptors (Lipinski definition) is 1. The van der Waals surface area contributed by atoms with Crippen LogP contribution in [0.5, 0.6) is 5.75 Å². The molecule has 0 saturated carbocycles. The lowest BCUT2D eigenvalue weighted by Crippen LogP contribution is -1.97. The zero-order valence-electron chi connectivity index (χ0n) is 14.3. The predicted molar refractivity (Wildman–Crippen MR) is 97.7 cm³/mol. The summed E-state index contributed by atoms with van der Waals surface area (Å²) >= 11 is 0. The van der Waals surface area contributed by atoms with Crippen LogP contribution in [0.3, 0.4) is 0 Å². The second-order valence-corrected chi connectivity index (χ2v) is 6.27. The van der Waals surface area contributed by atoms with E-state index in [-0.39, 0.29) is 0 Å². The molecule has 0 unspecified atom stereocenters. The Balaban J connectivity index is 2.23. The van der Waals surface area contributed by atoms with Crippen molar-refractivity contribution in [1.29, 1.82) is 0 Å². The maximum atomic E-state index is 6.10. The van der Waals surface area contributed by atoms with Crippen LogP contribution in [-0.4, -0.2) is 0 Å². The average molecular weight is 306 g/mol. The van der Waals surface area contributed by atoms with Crippen molar-refractivity contribution in [1.82, 2.24) is 0 Å². The standard InChI is InChI=1S/C22H26O/c1-3-5-11-17(10-4-2)22-19-13-7-6-12-18(19)16-23-21-15-9-8-14-20(21)22/h6-9,12-15H,3-5,10-11,16H2,1-2H3/b22-17-. The van der Waals surface area contributed by atoms with Crippen LogP contribution in [0.15, 0.2) is 54.1 Å². The Morgan fingerprint density at radius 3 is 2.39 bits per heavy atom. The fourth-order valence-electron chi connectivity index (χ4n) is 3.44. The van der Waals surface area contributed by atoms with Crippen LogP contribution in [0.2, 0.25) is 0 Å². The molecule has 0 bridgehead atoms. The van der Waals surface area contributed by atoms with Crippen molar-refractivity contribution in [3.05, 3.63) is 70.8 Å². The summed E-state index contributed by atoms with van der Waals surface area (Å²) in [5, 5.41) is 0. The third-order valence-corrected chi connectivity index (χ3v) is 4.56. The minimum atomic E-state index is 0.657. The van der Waals surface area contributed by atoms with Crippen molar-refractivity contribution in [2.24, 2.45) is 0 Å². The Kier molecular flexibility index (Phi) is 5.17. The van der Waals surface area contributed by atoms with E-state index in [1.807, 2.05) is 0 Å². The zero-order chi connectivity index (χ0) is 16.1. The van der Waals surface area contributed by atoms with E-state index < -0.39 is 0 Å². The molecule has 23 heavy (non-hydrogen) atoms. The molecule has 120 valence electrons. The Labute approximate surface area is 140 Å². The Morgan fingerprint density at radius 2 is 1.61 bits per heavy atom. The van der Waals surface area contributed by atoms with Gasteiger partial charge in [-0.25, -0.2) is 0 Å². The molecule has 1 aliphatic rings. The normalized spacial score (nSPS) is 15.2. The van der Waals surface area contributed by atoms with E-state index in [0.717, 1.165) is 12.2 Å². The van der Waals surface area contributed by atoms with E-state index in [9.17, 15) is 0 Å². The summed E-state index contributed by atoms with van der Waals surface area (Å²) in [6.07, 6.45) is 6.03. The third-order valence-electron chi connectivity index (χ3n) is 4.56. The van der Waals surface area contributed by atoms with Gasteiger partial charge in [-0.1, -0.05) is 74.7 Å². The van der Waals surface area contributed by atoms with Crippen LogP contribution in [0.1, 0.15) is 62.6 Å². The molecule has 1 aliphatic heterocycles. The Hall–Kier alpha value is -2.02. The maximum Gasteiger partial charge on any atom is 0.127 e. The van der Waals surface area contributed by atoms with Crippen molar-refractivity contribution in [2.75, 3.05) is 0 Å². The fraction of sp³-hybridized carbons (Fsp3) is 0.364. The first-order valence-electron chi connectivity index (χ1n) is 8.87. The van der Waals surface area contributed by atoms with Gasteiger partial charge in [0, 0.05) is 5.56 Å². The van der Waals surface area contributed by atoms with E-state index >= 15 is 0 Å². The maximum absolute atomic E-state index is 6.10. The quantitative estimate of drug-likeness (QED) is 0.623. The summed E-state index contributed by atoms with van der Waals surface area (Å²) in [4.78, 5) is 0. The molecule has 1 nitrogen and oxygen atoms in total. The molecular formula is C22H26O. The minimum absolute atomic E-state index is 0.657. The molecular weight excluding hydrogens is 280 g/mol. The third kappa shape index (κ3) is 3.34. The fourth-order valence-corrected chi connectivity index (χ4v) is 3.44. The average Bonchev–Trinajstić information content (AvgIpc) is 2.76. The van der Waals surface area contributed by atoms with Gasteiger partial charge in [0.25, 0.3) is 0 Å². The van der Waals surface area contributed by atoms with Crippen LogP contribution >= 0.6 is 0 Å². The van der Waals surface area contributed by atoms with Crippen molar-refractivity contribution in [3.8, 4) is 5.75 Å². The van der Waals surface area contributed by atoms with E-state index in [1.165, 1.54) is 47.9 Å². The second-order valence-electron chi connectivity index (χ2n) is 6.27. The number of fused-ring (bicyclic) bond motifs is 2. The number of allylic oxidation sites excluding steroid dienone is 1. The Morgan fingerprint density at radius 1 is 0.870 bits per heavy atom. The van der Waals surface area contributed by atoms with Gasteiger partial charge >= 0.3 is 0 Å². The Bertz CT molecular complexity index is 647. The lowest BCUT2D eigenvalue weighted by molar-refractivity contribution is 0.307. The summed E-state index contributed by atoms with van der Waals surface area (Å²) in [6, 6.07) is 17.2. The van der Waals surface area contributed by atoms with Gasteiger partial charge in [0.05, 0.1) is 0 Å². The van der Waals surface area contributed by atoms with Crippen molar-refractivity contribution < 1.29 is 4.74 Å². The van der Waals surface area contributed by atoms with Crippen LogP contribution in [0, 0.1) is 0 Å². The highest BCUT2D eigenvalue weighted by Gasteiger charge is 2.21. The van der Waals surface area contributed by atoms with Crippen LogP contribution in [0.4, 0.5) is 0 Å². The molecule has 1 heterocycles. The van der Waals surface area contributed by atoms with Crippen LogP contribution in [0.25, 0.3) is 5.57 Å². The number of unbranched alkanes of at least 4 members (excludes halogenated alkanes) is 1. The smallest absolute Gasteiger partial charge is 0.127 e. The molecule has 2 aromatic rings. The van der Waals surface area contributed by atoms with Gasteiger partial charge < -0.3 is 4.74 Å². The highest BCUT2D eigenvalue weighted by atomic mass is 16.5. The molecule has 0 atom stereocenters. The monoisotopic (exact) mass is 306 g/mol. The molecule has 0 aliphatic carbocycles. The summed E-state index contributed by atoms with van der Waals surface area (Å²) in [5.41, 5.74) is 6.92. The first-order chi connectivity index (χ1) is 11.3.